The van der Waals surface area contributed by atoms with Crippen molar-refractivity contribution in [1.29, 1.82) is 0 Å². The molecule has 1 aliphatic heterocycles. The van der Waals surface area contributed by atoms with Gasteiger partial charge in [-0.1, -0.05) is 12.8 Å². The lowest BCUT2D eigenvalue weighted by Crippen LogP contribution is -2.32. The lowest BCUT2D eigenvalue weighted by atomic mass is 10.0. The Kier molecular flexibility index (Phi) is 5.06. The molecule has 0 radical (unpaired) electrons. The lowest BCUT2D eigenvalue weighted by molar-refractivity contribution is -0.130. The zero-order chi connectivity index (χ0) is 10.8. The Morgan fingerprint density at radius 2 is 2.12 bits per heavy atom. The number of carbonyl (C=O) groups excluding carboxylic acids is 1. The molecule has 3 nitrogen and oxygen atoms in total. The molecule has 0 aromatic rings. The highest BCUT2D eigenvalue weighted by atomic mass is 35.5. The summed E-state index contributed by atoms with van der Waals surface area (Å²) in [5.41, 5.74) is 5.85. The number of amides is 1. The number of rotatable bonds is 4. The molecule has 0 aromatic heterocycles. The van der Waals surface area contributed by atoms with E-state index in [1.54, 1.807) is 0 Å². The fourth-order valence-electron chi connectivity index (χ4n) is 2.34. The number of hydrogen-bond acceptors (Lipinski definition) is 2. The van der Waals surface area contributed by atoms with Crippen LogP contribution in [-0.4, -0.2) is 29.9 Å². The molecule has 2 unspecified atom stereocenters. The summed E-state index contributed by atoms with van der Waals surface area (Å²) in [6.07, 6.45) is 5.65. The molecule has 2 N–H and O–H groups in total. The third-order valence-corrected chi connectivity index (χ3v) is 3.78. The third-order valence-electron chi connectivity index (χ3n) is 3.78. The number of carbonyl (C=O) groups is 1. The van der Waals surface area contributed by atoms with Crippen molar-refractivity contribution in [3.8, 4) is 0 Å². The molecule has 2 fully saturated rings. The topological polar surface area (TPSA) is 46.3 Å². The Bertz CT molecular complexity index is 241. The summed E-state index contributed by atoms with van der Waals surface area (Å²) in [6, 6.07) is 0.228. The van der Waals surface area contributed by atoms with Gasteiger partial charge in [-0.05, 0) is 31.6 Å². The largest absolute Gasteiger partial charge is 0.342 e. The Labute approximate surface area is 104 Å². The summed E-state index contributed by atoms with van der Waals surface area (Å²) >= 11 is 0. The molecule has 2 aliphatic rings. The molecule has 0 bridgehead atoms. The van der Waals surface area contributed by atoms with Crippen molar-refractivity contribution in [1.82, 2.24) is 4.90 Å². The smallest absolute Gasteiger partial charge is 0.222 e. The second-order valence-electron chi connectivity index (χ2n) is 5.23. The fourth-order valence-corrected chi connectivity index (χ4v) is 2.34. The highest BCUT2D eigenvalue weighted by Gasteiger charge is 2.29. The number of nitrogens with zero attached hydrogens (tertiary/aromatic N) is 1. The summed E-state index contributed by atoms with van der Waals surface area (Å²) < 4.78 is 0. The van der Waals surface area contributed by atoms with Gasteiger partial charge >= 0.3 is 0 Å². The summed E-state index contributed by atoms with van der Waals surface area (Å²) in [5.74, 6) is 1.74. The van der Waals surface area contributed by atoms with Gasteiger partial charge in [0.15, 0.2) is 0 Å². The molecular formula is C12H23ClN2O. The van der Waals surface area contributed by atoms with Crippen LogP contribution in [0.5, 0.6) is 0 Å². The number of nitrogens with two attached hydrogens (primary N) is 1. The second-order valence-corrected chi connectivity index (χ2v) is 5.23. The molecule has 4 heteroatoms. The Morgan fingerprint density at radius 1 is 1.44 bits per heavy atom. The first-order valence-corrected chi connectivity index (χ1v) is 6.20. The average molecular weight is 247 g/mol. The molecule has 1 amide bonds. The van der Waals surface area contributed by atoms with Crippen molar-refractivity contribution >= 4 is 18.3 Å². The van der Waals surface area contributed by atoms with E-state index in [0.29, 0.717) is 11.8 Å². The first kappa shape index (κ1) is 13.8. The van der Waals surface area contributed by atoms with E-state index in [9.17, 15) is 4.79 Å². The van der Waals surface area contributed by atoms with Crippen molar-refractivity contribution in [3.05, 3.63) is 0 Å². The standard InChI is InChI=1S/C12H22N2O.ClH/c1-9(13)11-6-7-14(8-11)12(15)5-4-10-2-3-10;/h9-11H,2-8,13H2,1H3;1H. The van der Waals surface area contributed by atoms with E-state index in [2.05, 4.69) is 0 Å². The van der Waals surface area contributed by atoms with Crippen LogP contribution in [0.2, 0.25) is 0 Å². The molecule has 1 aliphatic carbocycles. The monoisotopic (exact) mass is 246 g/mol. The van der Waals surface area contributed by atoms with Gasteiger partial charge in [0.1, 0.15) is 0 Å². The maximum absolute atomic E-state index is 11.8. The van der Waals surface area contributed by atoms with Gasteiger partial charge in [0, 0.05) is 25.6 Å². The molecule has 2 rings (SSSR count). The first-order valence-electron chi connectivity index (χ1n) is 6.20. The third kappa shape index (κ3) is 3.63. The summed E-state index contributed by atoms with van der Waals surface area (Å²) in [5, 5.41) is 0. The van der Waals surface area contributed by atoms with Crippen LogP contribution in [0.15, 0.2) is 0 Å². The highest BCUT2D eigenvalue weighted by molar-refractivity contribution is 5.85. The van der Waals surface area contributed by atoms with Crippen molar-refractivity contribution < 1.29 is 4.79 Å². The van der Waals surface area contributed by atoms with E-state index in [1.807, 2.05) is 11.8 Å². The van der Waals surface area contributed by atoms with Gasteiger partial charge in [-0.2, -0.15) is 0 Å². The minimum absolute atomic E-state index is 0. The minimum Gasteiger partial charge on any atom is -0.342 e. The van der Waals surface area contributed by atoms with Crippen LogP contribution in [0.1, 0.15) is 39.0 Å². The fraction of sp³-hybridized carbons (Fsp3) is 0.917. The maximum atomic E-state index is 11.8. The lowest BCUT2D eigenvalue weighted by Gasteiger charge is -2.18. The van der Waals surface area contributed by atoms with Crippen LogP contribution in [0.3, 0.4) is 0 Å². The Hall–Kier alpha value is -0.280. The highest BCUT2D eigenvalue weighted by Crippen LogP contribution is 2.33. The van der Waals surface area contributed by atoms with Gasteiger partial charge in [-0.15, -0.1) is 12.4 Å². The van der Waals surface area contributed by atoms with E-state index in [4.69, 9.17) is 5.73 Å². The van der Waals surface area contributed by atoms with Crippen molar-refractivity contribution in [2.75, 3.05) is 13.1 Å². The van der Waals surface area contributed by atoms with Crippen LogP contribution < -0.4 is 5.73 Å². The summed E-state index contributed by atoms with van der Waals surface area (Å²) in [7, 11) is 0. The van der Waals surface area contributed by atoms with Crippen molar-refractivity contribution in [3.63, 3.8) is 0 Å². The van der Waals surface area contributed by atoms with E-state index >= 15 is 0 Å². The maximum Gasteiger partial charge on any atom is 0.222 e. The van der Waals surface area contributed by atoms with Gasteiger partial charge in [-0.25, -0.2) is 0 Å². The van der Waals surface area contributed by atoms with Crippen LogP contribution in [0, 0.1) is 11.8 Å². The summed E-state index contributed by atoms with van der Waals surface area (Å²) in [4.78, 5) is 13.8. The predicted octanol–water partition coefficient (Wildman–Crippen LogP) is 1.79. The molecule has 94 valence electrons. The Balaban J connectivity index is 0.00000128. The van der Waals surface area contributed by atoms with E-state index < -0.39 is 0 Å². The molecule has 16 heavy (non-hydrogen) atoms. The minimum atomic E-state index is 0. The van der Waals surface area contributed by atoms with Gasteiger partial charge in [0.25, 0.3) is 0 Å². The Morgan fingerprint density at radius 3 is 2.62 bits per heavy atom. The molecule has 1 saturated carbocycles. The number of hydrogen-bond donors (Lipinski definition) is 1. The number of likely N-dealkylation sites (tertiary alicyclic amines) is 1. The first-order chi connectivity index (χ1) is 7.16. The average Bonchev–Trinajstić information content (AvgIpc) is 2.88. The van der Waals surface area contributed by atoms with Gasteiger partial charge in [0.05, 0.1) is 0 Å². The zero-order valence-electron chi connectivity index (χ0n) is 10.0. The van der Waals surface area contributed by atoms with Crippen LogP contribution in [0.25, 0.3) is 0 Å². The van der Waals surface area contributed by atoms with E-state index in [0.717, 1.165) is 38.3 Å². The molecule has 1 heterocycles. The molecule has 1 saturated heterocycles. The normalized spacial score (nSPS) is 26.4. The van der Waals surface area contributed by atoms with Gasteiger partial charge < -0.3 is 10.6 Å². The van der Waals surface area contributed by atoms with E-state index in [1.165, 1.54) is 12.8 Å². The van der Waals surface area contributed by atoms with E-state index in [-0.39, 0.29) is 18.4 Å². The second kappa shape index (κ2) is 5.87. The number of halogens is 1. The van der Waals surface area contributed by atoms with Gasteiger partial charge in [0.2, 0.25) is 5.91 Å². The zero-order valence-corrected chi connectivity index (χ0v) is 10.8. The predicted molar refractivity (Wildman–Crippen MR) is 67.5 cm³/mol. The SMILES string of the molecule is CC(N)C1CCN(C(=O)CCC2CC2)C1.Cl. The molecular weight excluding hydrogens is 224 g/mol. The molecule has 0 aromatic carbocycles. The van der Waals surface area contributed by atoms with Gasteiger partial charge in [-0.3, -0.25) is 4.79 Å². The molecule has 0 spiro atoms. The quantitative estimate of drug-likeness (QED) is 0.822. The van der Waals surface area contributed by atoms with Crippen molar-refractivity contribution in [2.24, 2.45) is 17.6 Å². The van der Waals surface area contributed by atoms with Crippen LogP contribution in [-0.2, 0) is 4.79 Å². The van der Waals surface area contributed by atoms with Crippen LogP contribution in [0.4, 0.5) is 0 Å². The summed E-state index contributed by atoms with van der Waals surface area (Å²) in [6.45, 7) is 3.86. The molecule has 2 atom stereocenters. The van der Waals surface area contributed by atoms with Crippen LogP contribution >= 0.6 is 12.4 Å². The van der Waals surface area contributed by atoms with Crippen molar-refractivity contribution in [2.45, 2.75) is 45.1 Å².